The molecule has 2 heterocycles. The van der Waals surface area contributed by atoms with E-state index in [1.807, 2.05) is 0 Å². The minimum atomic E-state index is -3.45. The summed E-state index contributed by atoms with van der Waals surface area (Å²) in [6.07, 6.45) is 3.72. The van der Waals surface area contributed by atoms with Crippen LogP contribution >= 0.6 is 0 Å². The Hall–Kier alpha value is -0.920. The zero-order valence-electron chi connectivity index (χ0n) is 11.6. The van der Waals surface area contributed by atoms with E-state index in [0.717, 1.165) is 19.6 Å². The molecule has 108 valence electrons. The molecule has 1 aromatic heterocycles. The first-order chi connectivity index (χ1) is 9.00. The third-order valence-electron chi connectivity index (χ3n) is 3.50. The van der Waals surface area contributed by atoms with Crippen molar-refractivity contribution >= 4 is 10.0 Å². The number of piperidine rings is 1. The molecule has 0 amide bonds. The molecule has 0 atom stereocenters. The minimum absolute atomic E-state index is 0.283. The summed E-state index contributed by atoms with van der Waals surface area (Å²) >= 11 is 0. The van der Waals surface area contributed by atoms with Gasteiger partial charge in [-0.1, -0.05) is 6.42 Å². The lowest BCUT2D eigenvalue weighted by Crippen LogP contribution is -2.37. The standard InChI is InChI=1S/C12H22N4O2S/c1-10-12(11(2)15-14-10)19(17,18)13-6-9-16-7-4-3-5-8-16/h13H,3-9H2,1-2H3,(H,14,15). The number of sulfonamides is 1. The fourth-order valence-corrected chi connectivity index (χ4v) is 3.92. The fourth-order valence-electron chi connectivity index (χ4n) is 2.53. The van der Waals surface area contributed by atoms with Crippen LogP contribution in [0.2, 0.25) is 0 Å². The lowest BCUT2D eigenvalue weighted by Gasteiger charge is -2.26. The van der Waals surface area contributed by atoms with Gasteiger partial charge in [-0.2, -0.15) is 5.10 Å². The van der Waals surface area contributed by atoms with Crippen molar-refractivity contribution in [3.63, 3.8) is 0 Å². The van der Waals surface area contributed by atoms with Crippen molar-refractivity contribution in [2.24, 2.45) is 0 Å². The van der Waals surface area contributed by atoms with Gasteiger partial charge in [0.05, 0.1) is 11.4 Å². The van der Waals surface area contributed by atoms with E-state index in [2.05, 4.69) is 19.8 Å². The van der Waals surface area contributed by atoms with E-state index >= 15 is 0 Å². The Morgan fingerprint density at radius 3 is 2.53 bits per heavy atom. The number of hydrogen-bond donors (Lipinski definition) is 2. The number of rotatable bonds is 5. The molecule has 2 rings (SSSR count). The number of nitrogens with zero attached hydrogens (tertiary/aromatic N) is 2. The normalized spacial score (nSPS) is 17.8. The van der Waals surface area contributed by atoms with E-state index in [1.54, 1.807) is 13.8 Å². The van der Waals surface area contributed by atoms with Crippen LogP contribution in [0.3, 0.4) is 0 Å². The zero-order chi connectivity index (χ0) is 13.9. The maximum atomic E-state index is 12.2. The Kier molecular flexibility index (Phi) is 4.59. The van der Waals surface area contributed by atoms with Crippen LogP contribution < -0.4 is 4.72 Å². The quantitative estimate of drug-likeness (QED) is 0.839. The molecule has 0 radical (unpaired) electrons. The number of likely N-dealkylation sites (tertiary alicyclic amines) is 1. The van der Waals surface area contributed by atoms with E-state index in [-0.39, 0.29) is 4.90 Å². The Labute approximate surface area is 114 Å². The molecule has 7 heteroatoms. The van der Waals surface area contributed by atoms with Crippen LogP contribution in [0.15, 0.2) is 4.90 Å². The zero-order valence-corrected chi connectivity index (χ0v) is 12.4. The van der Waals surface area contributed by atoms with Gasteiger partial charge in [-0.15, -0.1) is 0 Å². The number of hydrogen-bond acceptors (Lipinski definition) is 4. The van der Waals surface area contributed by atoms with Crippen LogP contribution in [-0.4, -0.2) is 49.7 Å². The molecular weight excluding hydrogens is 264 g/mol. The molecule has 19 heavy (non-hydrogen) atoms. The lowest BCUT2D eigenvalue weighted by atomic mass is 10.1. The molecule has 0 aliphatic carbocycles. The molecule has 1 aliphatic heterocycles. The molecule has 0 aromatic carbocycles. The monoisotopic (exact) mass is 286 g/mol. The second kappa shape index (κ2) is 6.02. The Morgan fingerprint density at radius 1 is 1.26 bits per heavy atom. The summed E-state index contributed by atoms with van der Waals surface area (Å²) in [6.45, 7) is 6.79. The van der Waals surface area contributed by atoms with E-state index in [0.29, 0.717) is 17.9 Å². The van der Waals surface area contributed by atoms with Crippen molar-refractivity contribution in [2.45, 2.75) is 38.0 Å². The highest BCUT2D eigenvalue weighted by atomic mass is 32.2. The number of H-pyrrole nitrogens is 1. The van der Waals surface area contributed by atoms with Gasteiger partial charge in [0.15, 0.2) is 0 Å². The molecule has 2 N–H and O–H groups in total. The van der Waals surface area contributed by atoms with Crippen LogP contribution in [-0.2, 0) is 10.0 Å². The largest absolute Gasteiger partial charge is 0.302 e. The summed E-state index contributed by atoms with van der Waals surface area (Å²) < 4.78 is 27.0. The highest BCUT2D eigenvalue weighted by Crippen LogP contribution is 2.16. The van der Waals surface area contributed by atoms with Crippen LogP contribution in [0, 0.1) is 13.8 Å². The van der Waals surface area contributed by atoms with Gasteiger partial charge in [0.2, 0.25) is 10.0 Å². The SMILES string of the molecule is Cc1n[nH]c(C)c1S(=O)(=O)NCCN1CCCCC1. The molecule has 0 spiro atoms. The van der Waals surface area contributed by atoms with E-state index < -0.39 is 10.0 Å². The summed E-state index contributed by atoms with van der Waals surface area (Å²) in [5.41, 5.74) is 1.10. The average Bonchev–Trinajstić information content (AvgIpc) is 2.70. The average molecular weight is 286 g/mol. The maximum absolute atomic E-state index is 12.2. The van der Waals surface area contributed by atoms with Crippen LogP contribution in [0.25, 0.3) is 0 Å². The lowest BCUT2D eigenvalue weighted by molar-refractivity contribution is 0.233. The summed E-state index contributed by atoms with van der Waals surface area (Å²) in [6, 6.07) is 0. The van der Waals surface area contributed by atoms with Crippen LogP contribution in [0.1, 0.15) is 30.7 Å². The number of aromatic amines is 1. The van der Waals surface area contributed by atoms with Gasteiger partial charge in [0.1, 0.15) is 4.90 Å². The second-order valence-electron chi connectivity index (χ2n) is 5.06. The van der Waals surface area contributed by atoms with Gasteiger partial charge >= 0.3 is 0 Å². The number of aromatic nitrogens is 2. The first-order valence-electron chi connectivity index (χ1n) is 6.74. The highest BCUT2D eigenvalue weighted by molar-refractivity contribution is 7.89. The van der Waals surface area contributed by atoms with Crippen molar-refractivity contribution < 1.29 is 8.42 Å². The smallest absolute Gasteiger partial charge is 0.244 e. The minimum Gasteiger partial charge on any atom is -0.302 e. The van der Waals surface area contributed by atoms with Gasteiger partial charge in [-0.05, 0) is 39.8 Å². The van der Waals surface area contributed by atoms with Crippen LogP contribution in [0.4, 0.5) is 0 Å². The summed E-state index contributed by atoms with van der Waals surface area (Å²) in [5, 5.41) is 6.63. The fraction of sp³-hybridized carbons (Fsp3) is 0.750. The third kappa shape index (κ3) is 3.55. The Balaban J connectivity index is 1.91. The Bertz CT molecular complexity index is 498. The highest BCUT2D eigenvalue weighted by Gasteiger charge is 2.22. The maximum Gasteiger partial charge on any atom is 0.244 e. The molecule has 1 saturated heterocycles. The van der Waals surface area contributed by atoms with Crippen molar-refractivity contribution in [1.82, 2.24) is 19.8 Å². The Morgan fingerprint density at radius 2 is 1.95 bits per heavy atom. The molecule has 0 saturated carbocycles. The molecule has 6 nitrogen and oxygen atoms in total. The molecule has 1 aromatic rings. The molecule has 1 fully saturated rings. The van der Waals surface area contributed by atoms with Crippen molar-refractivity contribution in [3.8, 4) is 0 Å². The number of aryl methyl sites for hydroxylation is 2. The summed E-state index contributed by atoms with van der Waals surface area (Å²) in [4.78, 5) is 2.59. The molecular formula is C12H22N4O2S. The van der Waals surface area contributed by atoms with Gasteiger partial charge in [-0.3, -0.25) is 5.10 Å². The van der Waals surface area contributed by atoms with Crippen LogP contribution in [0.5, 0.6) is 0 Å². The van der Waals surface area contributed by atoms with E-state index in [4.69, 9.17) is 0 Å². The predicted octanol–water partition coefficient (Wildman–Crippen LogP) is 0.791. The summed E-state index contributed by atoms with van der Waals surface area (Å²) in [5.74, 6) is 0. The topological polar surface area (TPSA) is 78.1 Å². The first kappa shape index (κ1) is 14.5. The van der Waals surface area contributed by atoms with Crippen molar-refractivity contribution in [1.29, 1.82) is 0 Å². The van der Waals surface area contributed by atoms with Crippen molar-refractivity contribution in [3.05, 3.63) is 11.4 Å². The molecule has 0 bridgehead atoms. The first-order valence-corrected chi connectivity index (χ1v) is 8.22. The van der Waals surface area contributed by atoms with E-state index in [1.165, 1.54) is 19.3 Å². The predicted molar refractivity (Wildman–Crippen MR) is 73.5 cm³/mol. The molecule has 1 aliphatic rings. The second-order valence-corrected chi connectivity index (χ2v) is 6.77. The third-order valence-corrected chi connectivity index (χ3v) is 5.22. The van der Waals surface area contributed by atoms with E-state index in [9.17, 15) is 8.42 Å². The van der Waals surface area contributed by atoms with Gasteiger partial charge in [-0.25, -0.2) is 13.1 Å². The van der Waals surface area contributed by atoms with Gasteiger partial charge < -0.3 is 4.90 Å². The van der Waals surface area contributed by atoms with Crippen molar-refractivity contribution in [2.75, 3.05) is 26.2 Å². The number of nitrogens with one attached hydrogen (secondary N) is 2. The van der Waals surface area contributed by atoms with Gasteiger partial charge in [0.25, 0.3) is 0 Å². The van der Waals surface area contributed by atoms with Gasteiger partial charge in [0, 0.05) is 13.1 Å². The molecule has 0 unspecified atom stereocenters. The summed E-state index contributed by atoms with van der Waals surface area (Å²) in [7, 11) is -3.45.